The summed E-state index contributed by atoms with van der Waals surface area (Å²) in [6.07, 6.45) is 5.78. The highest BCUT2D eigenvalue weighted by Gasteiger charge is 2.38. The molecule has 2 aromatic carbocycles. The van der Waals surface area contributed by atoms with Crippen LogP contribution in [0.1, 0.15) is 36.4 Å². The van der Waals surface area contributed by atoms with Gasteiger partial charge in [0.1, 0.15) is 11.5 Å². The summed E-state index contributed by atoms with van der Waals surface area (Å²) < 4.78 is 11.2. The lowest BCUT2D eigenvalue weighted by molar-refractivity contribution is 0.337. The number of allylic oxidation sites excluding steroid dienone is 2. The summed E-state index contributed by atoms with van der Waals surface area (Å²) >= 11 is 0. The minimum atomic E-state index is 0.282. The van der Waals surface area contributed by atoms with Crippen LogP contribution in [0.2, 0.25) is 0 Å². The van der Waals surface area contributed by atoms with Gasteiger partial charge in [0, 0.05) is 5.92 Å². The van der Waals surface area contributed by atoms with Gasteiger partial charge in [0.25, 0.3) is 0 Å². The molecule has 0 fully saturated rings. The van der Waals surface area contributed by atoms with Gasteiger partial charge in [0.05, 0.1) is 25.4 Å². The molecule has 24 heavy (non-hydrogen) atoms. The molecule has 3 heteroatoms. The molecule has 0 amide bonds. The van der Waals surface area contributed by atoms with Gasteiger partial charge in [0.2, 0.25) is 0 Å². The molecule has 1 aliphatic carbocycles. The Kier molecular flexibility index (Phi) is 3.93. The third kappa shape index (κ3) is 2.44. The Morgan fingerprint density at radius 2 is 1.96 bits per heavy atom. The zero-order valence-electron chi connectivity index (χ0n) is 14.2. The van der Waals surface area contributed by atoms with Crippen LogP contribution in [-0.4, -0.2) is 13.7 Å². The van der Waals surface area contributed by atoms with Gasteiger partial charge in [0.15, 0.2) is 0 Å². The maximum absolute atomic E-state index is 5.87. The van der Waals surface area contributed by atoms with E-state index >= 15 is 0 Å². The fourth-order valence-electron chi connectivity index (χ4n) is 4.01. The molecule has 1 aliphatic heterocycles. The van der Waals surface area contributed by atoms with E-state index in [0.29, 0.717) is 18.4 Å². The van der Waals surface area contributed by atoms with Crippen LogP contribution >= 0.6 is 0 Å². The molecule has 0 radical (unpaired) electrons. The first kappa shape index (κ1) is 15.1. The van der Waals surface area contributed by atoms with E-state index < -0.39 is 0 Å². The Labute approximate surface area is 143 Å². The van der Waals surface area contributed by atoms with Crippen molar-refractivity contribution in [1.29, 1.82) is 0 Å². The number of anilines is 1. The number of para-hydroxylation sites is 1. The minimum Gasteiger partial charge on any atom is -0.497 e. The van der Waals surface area contributed by atoms with Crippen LogP contribution < -0.4 is 14.8 Å². The van der Waals surface area contributed by atoms with Crippen LogP contribution in [0.5, 0.6) is 11.5 Å². The number of benzene rings is 2. The van der Waals surface area contributed by atoms with E-state index in [4.69, 9.17) is 9.47 Å². The number of rotatable bonds is 4. The normalized spacial score (nSPS) is 24.0. The summed E-state index contributed by atoms with van der Waals surface area (Å²) in [4.78, 5) is 0. The zero-order valence-corrected chi connectivity index (χ0v) is 14.2. The number of nitrogens with one attached hydrogen (secondary N) is 1. The largest absolute Gasteiger partial charge is 0.497 e. The molecule has 3 nitrogen and oxygen atoms in total. The first-order chi connectivity index (χ1) is 11.8. The van der Waals surface area contributed by atoms with Crippen molar-refractivity contribution in [3.8, 4) is 11.5 Å². The van der Waals surface area contributed by atoms with E-state index in [0.717, 1.165) is 23.6 Å². The summed E-state index contributed by atoms with van der Waals surface area (Å²) in [6, 6.07) is 15.1. The molecule has 3 atom stereocenters. The van der Waals surface area contributed by atoms with E-state index in [1.165, 1.54) is 11.1 Å². The van der Waals surface area contributed by atoms with Gasteiger partial charge in [-0.3, -0.25) is 0 Å². The number of methoxy groups -OCH3 is 1. The molecule has 0 bridgehead atoms. The molecule has 0 saturated heterocycles. The maximum Gasteiger partial charge on any atom is 0.142 e. The molecule has 0 aromatic heterocycles. The van der Waals surface area contributed by atoms with Crippen LogP contribution in [0, 0.1) is 5.92 Å². The van der Waals surface area contributed by atoms with Gasteiger partial charge in [-0.15, -0.1) is 0 Å². The monoisotopic (exact) mass is 321 g/mol. The summed E-state index contributed by atoms with van der Waals surface area (Å²) in [5, 5.41) is 3.77. The standard InChI is InChI=1S/C21H23NO2/c1-3-24-19-9-5-8-18-16-6-4-7-17(16)20(22-21(18)19)14-10-12-15(23-2)13-11-14/h4-6,8-13,16-17,20,22H,3,7H2,1-2H3. The van der Waals surface area contributed by atoms with E-state index in [1.807, 2.05) is 19.1 Å². The first-order valence-corrected chi connectivity index (χ1v) is 8.64. The zero-order chi connectivity index (χ0) is 16.5. The highest BCUT2D eigenvalue weighted by atomic mass is 16.5. The summed E-state index contributed by atoms with van der Waals surface area (Å²) in [5.74, 6) is 2.84. The molecule has 0 spiro atoms. The van der Waals surface area contributed by atoms with E-state index in [1.54, 1.807) is 7.11 Å². The molecule has 3 unspecified atom stereocenters. The molecule has 1 N–H and O–H groups in total. The molecule has 2 aliphatic rings. The number of hydrogen-bond acceptors (Lipinski definition) is 3. The second-order valence-corrected chi connectivity index (χ2v) is 6.40. The Bertz CT molecular complexity index is 751. The smallest absolute Gasteiger partial charge is 0.142 e. The fraction of sp³-hybridized carbons (Fsp3) is 0.333. The number of fused-ring (bicyclic) bond motifs is 3. The average molecular weight is 321 g/mol. The molecular weight excluding hydrogens is 298 g/mol. The Balaban J connectivity index is 1.75. The lowest BCUT2D eigenvalue weighted by atomic mass is 9.77. The number of hydrogen-bond donors (Lipinski definition) is 1. The van der Waals surface area contributed by atoms with E-state index in [9.17, 15) is 0 Å². The number of ether oxygens (including phenoxy) is 2. The predicted octanol–water partition coefficient (Wildman–Crippen LogP) is 4.92. The van der Waals surface area contributed by atoms with Crippen LogP contribution in [0.4, 0.5) is 5.69 Å². The van der Waals surface area contributed by atoms with Crippen molar-refractivity contribution in [2.45, 2.75) is 25.3 Å². The molecule has 4 rings (SSSR count). The average Bonchev–Trinajstić information content (AvgIpc) is 3.12. The van der Waals surface area contributed by atoms with Crippen molar-refractivity contribution < 1.29 is 9.47 Å². The third-order valence-corrected chi connectivity index (χ3v) is 5.13. The summed E-state index contributed by atoms with van der Waals surface area (Å²) in [6.45, 7) is 2.71. The summed E-state index contributed by atoms with van der Waals surface area (Å²) in [5.41, 5.74) is 3.80. The highest BCUT2D eigenvalue weighted by Crippen LogP contribution is 2.52. The molecule has 0 saturated carbocycles. The first-order valence-electron chi connectivity index (χ1n) is 8.64. The molecule has 2 aromatic rings. The SMILES string of the molecule is CCOc1cccc2c1NC(c1ccc(OC)cc1)C1CC=CC21. The molecule has 124 valence electrons. The molecular formula is C21H23NO2. The summed E-state index contributed by atoms with van der Waals surface area (Å²) in [7, 11) is 1.70. The van der Waals surface area contributed by atoms with Crippen LogP contribution in [0.25, 0.3) is 0 Å². The molecule has 1 heterocycles. The van der Waals surface area contributed by atoms with Crippen LogP contribution in [0.3, 0.4) is 0 Å². The fourth-order valence-corrected chi connectivity index (χ4v) is 4.01. The third-order valence-electron chi connectivity index (χ3n) is 5.13. The Hall–Kier alpha value is -2.42. The van der Waals surface area contributed by atoms with Crippen molar-refractivity contribution in [2.24, 2.45) is 5.92 Å². The Morgan fingerprint density at radius 1 is 1.12 bits per heavy atom. The topological polar surface area (TPSA) is 30.5 Å². The van der Waals surface area contributed by atoms with Gasteiger partial charge in [-0.05, 0) is 48.6 Å². The van der Waals surface area contributed by atoms with E-state index in [2.05, 4.69) is 47.8 Å². The minimum absolute atomic E-state index is 0.282. The van der Waals surface area contributed by atoms with Crippen molar-refractivity contribution in [1.82, 2.24) is 0 Å². The quantitative estimate of drug-likeness (QED) is 0.811. The van der Waals surface area contributed by atoms with Crippen molar-refractivity contribution in [3.05, 3.63) is 65.7 Å². The maximum atomic E-state index is 5.87. The van der Waals surface area contributed by atoms with Gasteiger partial charge >= 0.3 is 0 Å². The van der Waals surface area contributed by atoms with Crippen molar-refractivity contribution in [3.63, 3.8) is 0 Å². The lowest BCUT2D eigenvalue weighted by Crippen LogP contribution is -2.29. The van der Waals surface area contributed by atoms with Gasteiger partial charge in [-0.1, -0.05) is 36.4 Å². The van der Waals surface area contributed by atoms with Crippen LogP contribution in [-0.2, 0) is 0 Å². The van der Waals surface area contributed by atoms with Gasteiger partial charge in [-0.25, -0.2) is 0 Å². The van der Waals surface area contributed by atoms with Crippen molar-refractivity contribution in [2.75, 3.05) is 19.0 Å². The Morgan fingerprint density at radius 3 is 2.71 bits per heavy atom. The van der Waals surface area contributed by atoms with Gasteiger partial charge in [-0.2, -0.15) is 0 Å². The highest BCUT2D eigenvalue weighted by molar-refractivity contribution is 5.67. The second-order valence-electron chi connectivity index (χ2n) is 6.40. The van der Waals surface area contributed by atoms with E-state index in [-0.39, 0.29) is 6.04 Å². The van der Waals surface area contributed by atoms with Crippen LogP contribution in [0.15, 0.2) is 54.6 Å². The predicted molar refractivity (Wildman–Crippen MR) is 97.0 cm³/mol. The second kappa shape index (κ2) is 6.23. The lowest BCUT2D eigenvalue weighted by Gasteiger charge is -2.38. The van der Waals surface area contributed by atoms with Gasteiger partial charge < -0.3 is 14.8 Å². The van der Waals surface area contributed by atoms with Crippen molar-refractivity contribution >= 4 is 5.69 Å².